The lowest BCUT2D eigenvalue weighted by atomic mass is 10.5. The molecule has 0 aromatic heterocycles. The summed E-state index contributed by atoms with van der Waals surface area (Å²) in [7, 11) is -10.8. The lowest BCUT2D eigenvalue weighted by Crippen LogP contribution is -2.31. The summed E-state index contributed by atoms with van der Waals surface area (Å²) < 4.78 is 21.7. The van der Waals surface area contributed by atoms with Crippen LogP contribution in [-0.4, -0.2) is 48.0 Å². The summed E-state index contributed by atoms with van der Waals surface area (Å²) in [5.74, 6) is 0.132. The third-order valence-corrected chi connectivity index (χ3v) is 6.68. The second kappa shape index (κ2) is 4.85. The van der Waals surface area contributed by atoms with Crippen molar-refractivity contribution < 1.29 is 33.8 Å². The molecule has 0 saturated heterocycles. The highest BCUT2D eigenvalue weighted by atomic mass is 32.2. The smallest absolute Gasteiger partial charge is 0.367 e. The normalized spacial score (nSPS) is 14.7. The van der Waals surface area contributed by atoms with Gasteiger partial charge >= 0.3 is 15.2 Å². The van der Waals surface area contributed by atoms with Gasteiger partial charge in [-0.15, -0.1) is 0 Å². The van der Waals surface area contributed by atoms with Crippen molar-refractivity contribution in [3.8, 4) is 0 Å². The Morgan fingerprint density at radius 1 is 1.07 bits per heavy atom. The Morgan fingerprint density at radius 2 is 1.40 bits per heavy atom. The third kappa shape index (κ3) is 3.84. The maximum absolute atomic E-state index is 10.9. The van der Waals surface area contributed by atoms with Crippen LogP contribution in [0.3, 0.4) is 0 Å². The second-order valence-corrected chi connectivity index (χ2v) is 9.69. The number of rotatable bonds is 5. The molecular formula is C5H15O7P2S+. The van der Waals surface area contributed by atoms with Gasteiger partial charge in [-0.05, 0) is 10.9 Å². The zero-order valence-electron chi connectivity index (χ0n) is 8.27. The van der Waals surface area contributed by atoms with E-state index in [1.807, 2.05) is 0 Å². The van der Waals surface area contributed by atoms with Gasteiger partial charge in [-0.3, -0.25) is 9.13 Å². The molecule has 0 aliphatic heterocycles. The molecule has 10 heteroatoms. The molecule has 0 amide bonds. The summed E-state index contributed by atoms with van der Waals surface area (Å²) in [5, 5.41) is 6.16. The molecule has 0 unspecified atom stereocenters. The Hall–Kier alpha value is 0.610. The van der Waals surface area contributed by atoms with E-state index in [9.17, 15) is 14.2 Å². The van der Waals surface area contributed by atoms with E-state index in [-0.39, 0.29) is 16.6 Å². The zero-order valence-corrected chi connectivity index (χ0v) is 10.9. The minimum absolute atomic E-state index is 0.132. The summed E-state index contributed by atoms with van der Waals surface area (Å²) in [6, 6.07) is 0. The molecule has 0 rings (SSSR count). The van der Waals surface area contributed by atoms with Crippen molar-refractivity contribution in [1.29, 1.82) is 0 Å². The first-order valence-corrected chi connectivity index (χ1v) is 9.23. The van der Waals surface area contributed by atoms with Crippen LogP contribution in [0.2, 0.25) is 0 Å². The topological polar surface area (TPSA) is 135 Å². The van der Waals surface area contributed by atoms with E-state index in [2.05, 4.69) is 0 Å². The van der Waals surface area contributed by atoms with Crippen molar-refractivity contribution in [2.75, 3.05) is 18.3 Å². The average molecular weight is 281 g/mol. The van der Waals surface area contributed by atoms with Gasteiger partial charge in [0.25, 0.3) is 5.08 Å². The first-order chi connectivity index (χ1) is 6.42. The number of aliphatic hydroxyl groups is 1. The van der Waals surface area contributed by atoms with E-state index in [4.69, 9.17) is 19.6 Å². The minimum atomic E-state index is -5.27. The lowest BCUT2D eigenvalue weighted by molar-refractivity contribution is 0.128. The van der Waals surface area contributed by atoms with E-state index < -0.39 is 26.7 Å². The molecule has 5 N–H and O–H groups in total. The van der Waals surface area contributed by atoms with Gasteiger partial charge in [0.05, 0.1) is 12.5 Å². The third-order valence-electron chi connectivity index (χ3n) is 1.78. The molecule has 0 heterocycles. The maximum Gasteiger partial charge on any atom is 0.369 e. The highest BCUT2D eigenvalue weighted by Crippen LogP contribution is 2.68. The first-order valence-electron chi connectivity index (χ1n) is 3.79. The SMILES string of the molecule is C[S+](C)CCC(O)(P(=O)(O)O)P(=O)(O)O. The van der Waals surface area contributed by atoms with Crippen LogP contribution in [0.1, 0.15) is 6.42 Å². The first kappa shape index (κ1) is 15.6. The Balaban J connectivity index is 5.08. The van der Waals surface area contributed by atoms with Gasteiger partial charge in [0, 0.05) is 6.42 Å². The van der Waals surface area contributed by atoms with Gasteiger partial charge in [-0.25, -0.2) is 0 Å². The van der Waals surface area contributed by atoms with E-state index in [0.717, 1.165) is 0 Å². The molecule has 0 atom stereocenters. The average Bonchev–Trinajstić information content (AvgIpc) is 1.95. The van der Waals surface area contributed by atoms with Crippen molar-refractivity contribution in [2.24, 2.45) is 0 Å². The van der Waals surface area contributed by atoms with Crippen molar-refractivity contribution in [1.82, 2.24) is 0 Å². The summed E-state index contributed by atoms with van der Waals surface area (Å²) >= 11 is 0. The highest BCUT2D eigenvalue weighted by Gasteiger charge is 2.59. The molecule has 0 radical (unpaired) electrons. The van der Waals surface area contributed by atoms with E-state index >= 15 is 0 Å². The molecule has 15 heavy (non-hydrogen) atoms. The number of hydrogen-bond acceptors (Lipinski definition) is 3. The quantitative estimate of drug-likeness (QED) is 0.330. The van der Waals surface area contributed by atoms with E-state index in [1.165, 1.54) is 0 Å². The van der Waals surface area contributed by atoms with E-state index in [0.29, 0.717) is 0 Å². The Bertz CT molecular complexity index is 283. The summed E-state index contributed by atoms with van der Waals surface area (Å²) in [4.78, 5) is 35.0. The monoisotopic (exact) mass is 281 g/mol. The summed E-state index contributed by atoms with van der Waals surface area (Å²) in [6.07, 6.45) is 2.84. The maximum atomic E-state index is 10.9. The highest BCUT2D eigenvalue weighted by molar-refractivity contribution is 7.95. The summed E-state index contributed by atoms with van der Waals surface area (Å²) in [6.45, 7) is 0. The largest absolute Gasteiger partial charge is 0.369 e. The standard InChI is InChI=1S/C5H14O7P2S/c1-15(2)4-3-5(6,13(7,8)9)14(10,11)12/h6H,3-4H2,1-2H3,(H3-,7,8,9,10,11,12)/p+1. The Kier molecular flexibility index (Phi) is 5.05. The van der Waals surface area contributed by atoms with Crippen molar-refractivity contribution in [3.63, 3.8) is 0 Å². The molecule has 0 aromatic rings. The Labute approximate surface area is 90.2 Å². The molecule has 92 valence electrons. The fraction of sp³-hybridized carbons (Fsp3) is 1.00. The molecule has 0 spiro atoms. The van der Waals surface area contributed by atoms with Crippen LogP contribution >= 0.6 is 15.2 Å². The molecule has 0 aliphatic rings. The molecule has 0 bridgehead atoms. The van der Waals surface area contributed by atoms with Crippen LogP contribution in [0.4, 0.5) is 0 Å². The number of hydrogen-bond donors (Lipinski definition) is 5. The molecular weight excluding hydrogens is 266 g/mol. The fourth-order valence-electron chi connectivity index (χ4n) is 0.802. The van der Waals surface area contributed by atoms with Crippen LogP contribution in [0.15, 0.2) is 0 Å². The second-order valence-electron chi connectivity index (χ2n) is 3.30. The molecule has 0 saturated carbocycles. The molecule has 0 aliphatic carbocycles. The van der Waals surface area contributed by atoms with Gasteiger partial charge in [-0.1, -0.05) is 0 Å². The molecule has 0 aromatic carbocycles. The predicted octanol–water partition coefficient (Wildman–Crippen LogP) is -0.744. The predicted molar refractivity (Wildman–Crippen MR) is 57.7 cm³/mol. The van der Waals surface area contributed by atoms with Crippen LogP contribution in [0.5, 0.6) is 0 Å². The van der Waals surface area contributed by atoms with Crippen molar-refractivity contribution in [2.45, 2.75) is 11.5 Å². The Morgan fingerprint density at radius 3 is 1.60 bits per heavy atom. The lowest BCUT2D eigenvalue weighted by Gasteiger charge is -2.28. The van der Waals surface area contributed by atoms with Gasteiger partial charge in [0.1, 0.15) is 5.75 Å². The zero-order chi connectivity index (χ0) is 12.5. The minimum Gasteiger partial charge on any atom is -0.367 e. The van der Waals surface area contributed by atoms with Gasteiger partial charge in [-0.2, -0.15) is 0 Å². The van der Waals surface area contributed by atoms with Gasteiger partial charge < -0.3 is 24.7 Å². The van der Waals surface area contributed by atoms with Gasteiger partial charge in [0.15, 0.2) is 0 Å². The molecule has 0 fully saturated rings. The van der Waals surface area contributed by atoms with Gasteiger partial charge in [0.2, 0.25) is 0 Å². The van der Waals surface area contributed by atoms with Crippen LogP contribution in [0, 0.1) is 0 Å². The van der Waals surface area contributed by atoms with Crippen LogP contribution < -0.4 is 0 Å². The molecule has 7 nitrogen and oxygen atoms in total. The van der Waals surface area contributed by atoms with Crippen LogP contribution in [-0.2, 0) is 20.0 Å². The van der Waals surface area contributed by atoms with Crippen molar-refractivity contribution in [3.05, 3.63) is 0 Å². The van der Waals surface area contributed by atoms with Crippen LogP contribution in [0.25, 0.3) is 0 Å². The van der Waals surface area contributed by atoms with Crippen molar-refractivity contribution >= 4 is 26.1 Å². The fourth-order valence-corrected chi connectivity index (χ4v) is 3.97. The van der Waals surface area contributed by atoms with E-state index in [1.54, 1.807) is 12.5 Å². The summed E-state index contributed by atoms with van der Waals surface area (Å²) in [5.41, 5.74) is 0.